The van der Waals surface area contributed by atoms with Crippen LogP contribution >= 0.6 is 0 Å². The number of carbonyl (C=O) groups is 3. The van der Waals surface area contributed by atoms with E-state index in [0.717, 1.165) is 5.56 Å². The van der Waals surface area contributed by atoms with Gasteiger partial charge in [0.15, 0.2) is 0 Å². The van der Waals surface area contributed by atoms with Crippen molar-refractivity contribution < 1.29 is 27.5 Å². The molecule has 0 saturated carbocycles. The number of carbonyl (C=O) groups excluding carboxylic acids is 3. The topological polar surface area (TPSA) is 134 Å². The minimum absolute atomic E-state index is 0.133. The Balaban J connectivity index is 2.31. The molecule has 46 heavy (non-hydrogen) atoms. The van der Waals surface area contributed by atoms with Gasteiger partial charge in [0.05, 0.1) is 24.9 Å². The summed E-state index contributed by atoms with van der Waals surface area (Å²) < 4.78 is 32.9. The van der Waals surface area contributed by atoms with Crippen LogP contribution in [-0.2, 0) is 35.6 Å². The van der Waals surface area contributed by atoms with Crippen molar-refractivity contribution >= 4 is 27.7 Å². The molecule has 2 rings (SSSR count). The van der Waals surface area contributed by atoms with E-state index >= 15 is 0 Å². The maximum Gasteiger partial charge on any atom is 0.260 e. The number of hydrogen-bond acceptors (Lipinski definition) is 7. The Kier molecular flexibility index (Phi) is 13.2. The normalized spacial score (nSPS) is 14.7. The smallest absolute Gasteiger partial charge is 0.260 e. The molecule has 0 saturated heterocycles. The molecule has 0 spiro atoms. The molecule has 0 aliphatic heterocycles. The van der Waals surface area contributed by atoms with Gasteiger partial charge in [-0.1, -0.05) is 97.0 Å². The maximum atomic E-state index is 14.1. The second-order valence-electron chi connectivity index (χ2n) is 13.7. The number of likely N-dealkylation sites (N-methyl/N-ethyl adjacent to an activating group) is 2. The fourth-order valence-corrected chi connectivity index (χ4v) is 6.52. The molecule has 0 bridgehead atoms. The molecule has 11 heteroatoms. The number of rotatable bonds is 14. The summed E-state index contributed by atoms with van der Waals surface area (Å²) in [6.07, 6.45) is 1.60. The van der Waals surface area contributed by atoms with Crippen molar-refractivity contribution in [2.45, 2.75) is 84.7 Å². The van der Waals surface area contributed by atoms with Crippen molar-refractivity contribution in [1.29, 1.82) is 0 Å². The third-order valence-corrected chi connectivity index (χ3v) is 9.40. The summed E-state index contributed by atoms with van der Waals surface area (Å²) >= 11 is 0. The Morgan fingerprint density at radius 3 is 2.09 bits per heavy atom. The summed E-state index contributed by atoms with van der Waals surface area (Å²) in [6.45, 7) is 14.9. The van der Waals surface area contributed by atoms with Crippen LogP contribution in [0.3, 0.4) is 0 Å². The summed E-state index contributed by atoms with van der Waals surface area (Å²) in [4.78, 5) is 42.5. The largest absolute Gasteiger partial charge is 0.497 e. The zero-order chi connectivity index (χ0) is 35.0. The Labute approximate surface area is 275 Å². The van der Waals surface area contributed by atoms with Gasteiger partial charge in [-0.05, 0) is 48.6 Å². The van der Waals surface area contributed by atoms with Crippen LogP contribution < -0.4 is 20.1 Å². The Bertz CT molecular complexity index is 1500. The first-order chi connectivity index (χ1) is 21.2. The van der Waals surface area contributed by atoms with Crippen molar-refractivity contribution in [3.8, 4) is 5.75 Å². The number of nitrogens with zero attached hydrogens (tertiary/aromatic N) is 1. The molecule has 0 aromatic heterocycles. The molecule has 10 nitrogen and oxygen atoms in total. The fourth-order valence-electron chi connectivity index (χ4n) is 5.37. The van der Waals surface area contributed by atoms with Crippen molar-refractivity contribution in [3.63, 3.8) is 0 Å². The lowest BCUT2D eigenvalue weighted by molar-refractivity contribution is -0.140. The van der Waals surface area contributed by atoms with Gasteiger partial charge >= 0.3 is 0 Å². The van der Waals surface area contributed by atoms with Gasteiger partial charge in [0, 0.05) is 18.0 Å². The Hall–Kier alpha value is -3.70. The molecule has 3 atom stereocenters. The molecule has 3 N–H and O–H groups in total. The SMILES string of the molecule is CN[C@H](C(=O)N[C@H](C(=O)N(C)[C@H](C=C(C)C(=O)NS(=O)(=O)Cc1ccccc1)C(C)C)C(C)(C)C)C(C)(C)c1cccc(OC)c1. The van der Waals surface area contributed by atoms with E-state index in [1.807, 2.05) is 72.7 Å². The summed E-state index contributed by atoms with van der Waals surface area (Å²) in [5, 5.41) is 6.15. The van der Waals surface area contributed by atoms with Gasteiger partial charge in [0.25, 0.3) is 5.91 Å². The minimum Gasteiger partial charge on any atom is -0.497 e. The zero-order valence-corrected chi connectivity index (χ0v) is 29.9. The average molecular weight is 657 g/mol. The van der Waals surface area contributed by atoms with Crippen molar-refractivity contribution in [2.75, 3.05) is 21.2 Å². The van der Waals surface area contributed by atoms with E-state index < -0.39 is 44.9 Å². The van der Waals surface area contributed by atoms with E-state index in [2.05, 4.69) is 15.4 Å². The molecule has 2 aromatic rings. The molecule has 2 aromatic carbocycles. The maximum absolute atomic E-state index is 14.1. The van der Waals surface area contributed by atoms with Gasteiger partial charge in [0.2, 0.25) is 21.8 Å². The second kappa shape index (κ2) is 15.7. The summed E-state index contributed by atoms with van der Waals surface area (Å²) in [5.41, 5.74) is 0.266. The molecule has 3 amide bonds. The first-order valence-electron chi connectivity index (χ1n) is 15.4. The third kappa shape index (κ3) is 10.2. The number of benzene rings is 2. The minimum atomic E-state index is -3.95. The van der Waals surface area contributed by atoms with Gasteiger partial charge < -0.3 is 20.3 Å². The molecule has 0 aliphatic rings. The van der Waals surface area contributed by atoms with Crippen molar-refractivity contribution in [2.24, 2.45) is 11.3 Å². The number of hydrogen-bond donors (Lipinski definition) is 3. The summed E-state index contributed by atoms with van der Waals surface area (Å²) in [5.74, 6) is -1.24. The molecule has 0 unspecified atom stereocenters. The first-order valence-corrected chi connectivity index (χ1v) is 17.1. The lowest BCUT2D eigenvalue weighted by Crippen LogP contribution is -2.61. The van der Waals surface area contributed by atoms with Crippen LogP contribution in [-0.4, -0.2) is 70.4 Å². The quantitative estimate of drug-likeness (QED) is 0.260. The molecule has 0 fully saturated rings. The predicted octanol–water partition coefficient (Wildman–Crippen LogP) is 4.17. The number of amides is 3. The van der Waals surface area contributed by atoms with Gasteiger partial charge in [-0.25, -0.2) is 13.1 Å². The number of sulfonamides is 1. The van der Waals surface area contributed by atoms with E-state index in [1.54, 1.807) is 57.6 Å². The molecule has 254 valence electrons. The van der Waals surface area contributed by atoms with E-state index in [-0.39, 0.29) is 29.1 Å². The van der Waals surface area contributed by atoms with Crippen LogP contribution in [0.1, 0.15) is 66.5 Å². The highest BCUT2D eigenvalue weighted by Gasteiger charge is 2.41. The number of ether oxygens (including phenoxy) is 1. The van der Waals surface area contributed by atoms with Crippen LogP contribution in [0.15, 0.2) is 66.2 Å². The summed E-state index contributed by atoms with van der Waals surface area (Å²) in [6, 6.07) is 14.0. The van der Waals surface area contributed by atoms with Crippen LogP contribution in [0.2, 0.25) is 0 Å². The average Bonchev–Trinajstić information content (AvgIpc) is 2.97. The number of nitrogens with one attached hydrogen (secondary N) is 3. The van der Waals surface area contributed by atoms with Crippen LogP contribution in [0.5, 0.6) is 5.75 Å². The Morgan fingerprint density at radius 2 is 1.57 bits per heavy atom. The lowest BCUT2D eigenvalue weighted by atomic mass is 9.76. The van der Waals surface area contributed by atoms with E-state index in [4.69, 9.17) is 4.74 Å². The van der Waals surface area contributed by atoms with Crippen LogP contribution in [0.25, 0.3) is 0 Å². The highest BCUT2D eigenvalue weighted by Crippen LogP contribution is 2.31. The number of methoxy groups -OCH3 is 1. The first kappa shape index (κ1) is 38.5. The monoisotopic (exact) mass is 656 g/mol. The fraction of sp³-hybridized carbons (Fsp3) is 0.514. The van der Waals surface area contributed by atoms with E-state index in [0.29, 0.717) is 11.3 Å². The van der Waals surface area contributed by atoms with Crippen LogP contribution in [0, 0.1) is 11.3 Å². The predicted molar refractivity (Wildman–Crippen MR) is 183 cm³/mol. The van der Waals surface area contributed by atoms with Gasteiger partial charge in [-0.2, -0.15) is 0 Å². The summed E-state index contributed by atoms with van der Waals surface area (Å²) in [7, 11) is 0.977. The lowest BCUT2D eigenvalue weighted by Gasteiger charge is -2.40. The Morgan fingerprint density at radius 1 is 0.957 bits per heavy atom. The molecule has 0 radical (unpaired) electrons. The zero-order valence-electron chi connectivity index (χ0n) is 29.1. The highest BCUT2D eigenvalue weighted by molar-refractivity contribution is 7.89. The second-order valence-corrected chi connectivity index (χ2v) is 15.4. The molecule has 0 aliphatic carbocycles. The van der Waals surface area contributed by atoms with E-state index in [9.17, 15) is 22.8 Å². The van der Waals surface area contributed by atoms with Crippen molar-refractivity contribution in [3.05, 3.63) is 77.4 Å². The highest BCUT2D eigenvalue weighted by atomic mass is 32.2. The molecular formula is C35H52N4O6S. The van der Waals surface area contributed by atoms with E-state index in [1.165, 1.54) is 11.8 Å². The van der Waals surface area contributed by atoms with Gasteiger partial charge in [-0.15, -0.1) is 0 Å². The van der Waals surface area contributed by atoms with Crippen molar-refractivity contribution in [1.82, 2.24) is 20.3 Å². The molecule has 0 heterocycles. The van der Waals surface area contributed by atoms with Gasteiger partial charge in [-0.3, -0.25) is 14.4 Å². The van der Waals surface area contributed by atoms with Crippen LogP contribution in [0.4, 0.5) is 0 Å². The third-order valence-electron chi connectivity index (χ3n) is 8.19. The van der Waals surface area contributed by atoms with Gasteiger partial charge in [0.1, 0.15) is 11.8 Å². The standard InChI is InChI=1S/C35H52N4O6S/c1-23(2)28(20-24(3)31(40)38-46(43,44)22-25-16-13-12-14-17-25)39(10)33(42)30(34(4,5)6)37-32(41)29(36-9)35(7,8)26-18-15-19-27(21-26)45-11/h12-21,23,28-30,36H,22H2,1-11H3,(H,37,41)(H,38,40)/t28-,29-,30-/m1/s1. The molecular weight excluding hydrogens is 604 g/mol.